The van der Waals surface area contributed by atoms with Crippen molar-refractivity contribution >= 4 is 33.2 Å². The third kappa shape index (κ3) is 3.35. The zero-order chi connectivity index (χ0) is 14.7. The maximum Gasteiger partial charge on any atom is 0.271 e. The summed E-state index contributed by atoms with van der Waals surface area (Å²) >= 11 is 5.11. The second-order valence-electron chi connectivity index (χ2n) is 5.34. The van der Waals surface area contributed by atoms with Crippen LogP contribution in [0.3, 0.4) is 0 Å². The van der Waals surface area contributed by atoms with E-state index < -0.39 is 0 Å². The Morgan fingerprint density at radius 3 is 2.81 bits per heavy atom. The molecule has 1 aliphatic carbocycles. The third-order valence-electron chi connectivity index (χ3n) is 3.98. The molecule has 1 unspecified atom stereocenters. The summed E-state index contributed by atoms with van der Waals surface area (Å²) in [5, 5.41) is 5.27. The van der Waals surface area contributed by atoms with Gasteiger partial charge in [-0.3, -0.25) is 4.79 Å². The number of rotatable bonds is 4. The van der Waals surface area contributed by atoms with E-state index in [1.54, 1.807) is 17.5 Å². The van der Waals surface area contributed by atoms with Crippen molar-refractivity contribution in [2.45, 2.75) is 31.7 Å². The minimum Gasteiger partial charge on any atom is -0.343 e. The normalized spacial score (nSPS) is 16.8. The number of thiophene rings is 1. The number of hydrogen-bond acceptors (Lipinski definition) is 3. The highest BCUT2D eigenvalue weighted by molar-refractivity contribution is 9.10. The number of aromatic nitrogens is 1. The van der Waals surface area contributed by atoms with Gasteiger partial charge in [0.2, 0.25) is 0 Å². The van der Waals surface area contributed by atoms with Crippen molar-refractivity contribution in [1.29, 1.82) is 0 Å². The van der Waals surface area contributed by atoms with E-state index >= 15 is 0 Å². The first-order valence-corrected chi connectivity index (χ1v) is 8.88. The van der Waals surface area contributed by atoms with Crippen molar-refractivity contribution in [3.05, 3.63) is 50.9 Å². The summed E-state index contributed by atoms with van der Waals surface area (Å²) in [6, 6.07) is 7.92. The second-order valence-corrected chi connectivity index (χ2v) is 7.18. The summed E-state index contributed by atoms with van der Waals surface area (Å²) in [6.45, 7) is 0. The van der Waals surface area contributed by atoms with Gasteiger partial charge in [-0.1, -0.05) is 18.9 Å². The number of nitrogens with zero attached hydrogens (tertiary/aromatic N) is 1. The number of hydrogen-bond donors (Lipinski definition) is 1. The fraction of sp³-hybridized carbons (Fsp3) is 0.375. The van der Waals surface area contributed by atoms with Crippen LogP contribution in [0, 0.1) is 5.92 Å². The largest absolute Gasteiger partial charge is 0.343 e. The molecule has 1 fully saturated rings. The molecule has 0 spiro atoms. The molecule has 110 valence electrons. The van der Waals surface area contributed by atoms with Gasteiger partial charge >= 0.3 is 0 Å². The zero-order valence-electron chi connectivity index (χ0n) is 11.6. The van der Waals surface area contributed by atoms with Crippen LogP contribution in [0.15, 0.2) is 40.3 Å². The first-order chi connectivity index (χ1) is 10.3. The molecule has 3 rings (SSSR count). The summed E-state index contributed by atoms with van der Waals surface area (Å²) in [4.78, 5) is 18.0. The van der Waals surface area contributed by atoms with Crippen LogP contribution in [0.5, 0.6) is 0 Å². The van der Waals surface area contributed by atoms with Crippen LogP contribution in [0.1, 0.15) is 47.1 Å². The predicted octanol–water partition coefficient (Wildman–Crippen LogP) is 4.57. The lowest BCUT2D eigenvalue weighted by Gasteiger charge is -2.23. The van der Waals surface area contributed by atoms with Crippen molar-refractivity contribution in [3.63, 3.8) is 0 Å². The lowest BCUT2D eigenvalue weighted by molar-refractivity contribution is 0.0917. The average molecular weight is 365 g/mol. The van der Waals surface area contributed by atoms with Gasteiger partial charge in [0.25, 0.3) is 5.91 Å². The molecule has 0 saturated heterocycles. The molecule has 0 aromatic carbocycles. The van der Waals surface area contributed by atoms with Gasteiger partial charge in [0, 0.05) is 15.5 Å². The fourth-order valence-corrected chi connectivity index (χ4v) is 4.25. The molecule has 3 nitrogen and oxygen atoms in total. The van der Waals surface area contributed by atoms with E-state index in [0.29, 0.717) is 11.6 Å². The minimum atomic E-state index is -0.104. The molecule has 5 heteroatoms. The maximum absolute atomic E-state index is 12.5. The van der Waals surface area contributed by atoms with Gasteiger partial charge < -0.3 is 5.32 Å². The molecular formula is C16H17BrN2OS. The Bertz CT molecular complexity index is 608. The van der Waals surface area contributed by atoms with Gasteiger partial charge in [-0.2, -0.15) is 0 Å². The lowest BCUT2D eigenvalue weighted by atomic mass is 9.96. The van der Waals surface area contributed by atoms with Crippen molar-refractivity contribution in [3.8, 4) is 0 Å². The Hall–Kier alpha value is -1.20. The van der Waals surface area contributed by atoms with Crippen LogP contribution < -0.4 is 5.32 Å². The summed E-state index contributed by atoms with van der Waals surface area (Å²) in [5.41, 5.74) is 0.456. The Labute approximate surface area is 136 Å². The van der Waals surface area contributed by atoms with Crippen molar-refractivity contribution in [2.24, 2.45) is 5.92 Å². The van der Waals surface area contributed by atoms with Crippen LogP contribution in [-0.2, 0) is 0 Å². The van der Waals surface area contributed by atoms with E-state index in [4.69, 9.17) is 0 Å². The van der Waals surface area contributed by atoms with E-state index in [1.165, 1.54) is 30.6 Å². The first kappa shape index (κ1) is 14.7. The van der Waals surface area contributed by atoms with Crippen LogP contribution in [-0.4, -0.2) is 10.9 Å². The van der Waals surface area contributed by atoms with Crippen LogP contribution in [0.4, 0.5) is 0 Å². The van der Waals surface area contributed by atoms with Crippen molar-refractivity contribution in [2.75, 3.05) is 0 Å². The average Bonchev–Trinajstić information content (AvgIpc) is 3.18. The smallest absolute Gasteiger partial charge is 0.271 e. The zero-order valence-corrected chi connectivity index (χ0v) is 14.0. The molecule has 21 heavy (non-hydrogen) atoms. The number of halogens is 1. The van der Waals surface area contributed by atoms with Gasteiger partial charge in [-0.25, -0.2) is 4.98 Å². The number of carbonyl (C=O) groups excluding carboxylic acids is 1. The fourth-order valence-electron chi connectivity index (χ4n) is 2.94. The standard InChI is InChI=1S/C16H17BrN2OS/c17-12-7-3-9-18-15(12)16(20)19-14(11-5-1-2-6-11)13-8-4-10-21-13/h3-4,7-11,14H,1-2,5-6H2,(H,19,20). The van der Waals surface area contributed by atoms with Crippen LogP contribution in [0.25, 0.3) is 0 Å². The Balaban J connectivity index is 1.81. The maximum atomic E-state index is 12.5. The monoisotopic (exact) mass is 364 g/mol. The lowest BCUT2D eigenvalue weighted by Crippen LogP contribution is -2.33. The minimum absolute atomic E-state index is 0.104. The van der Waals surface area contributed by atoms with Gasteiger partial charge in [-0.15, -0.1) is 11.3 Å². The highest BCUT2D eigenvalue weighted by Gasteiger charge is 2.29. The molecular weight excluding hydrogens is 348 g/mol. The van der Waals surface area contributed by atoms with Crippen molar-refractivity contribution < 1.29 is 4.79 Å². The van der Waals surface area contributed by atoms with E-state index in [1.807, 2.05) is 18.2 Å². The molecule has 0 radical (unpaired) electrons. The molecule has 2 aromatic heterocycles. The molecule has 1 saturated carbocycles. The molecule has 1 N–H and O–H groups in total. The molecule has 0 bridgehead atoms. The van der Waals surface area contributed by atoms with Crippen LogP contribution in [0.2, 0.25) is 0 Å². The highest BCUT2D eigenvalue weighted by Crippen LogP contribution is 2.37. The van der Waals surface area contributed by atoms with E-state index in [9.17, 15) is 4.79 Å². The summed E-state index contributed by atoms with van der Waals surface area (Å²) in [5.74, 6) is 0.433. The molecule has 1 amide bonds. The van der Waals surface area contributed by atoms with Gasteiger partial charge in [0.15, 0.2) is 0 Å². The third-order valence-corrected chi connectivity index (χ3v) is 5.58. The number of nitrogens with one attached hydrogen (secondary N) is 1. The quantitative estimate of drug-likeness (QED) is 0.863. The number of amides is 1. The van der Waals surface area contributed by atoms with Crippen molar-refractivity contribution in [1.82, 2.24) is 10.3 Å². The molecule has 2 aromatic rings. The summed E-state index contributed by atoms with van der Waals surface area (Å²) < 4.78 is 0.735. The number of pyridine rings is 1. The molecule has 1 atom stereocenters. The molecule has 1 aliphatic rings. The highest BCUT2D eigenvalue weighted by atomic mass is 79.9. The first-order valence-electron chi connectivity index (χ1n) is 7.20. The molecule has 0 aliphatic heterocycles. The topological polar surface area (TPSA) is 42.0 Å². The SMILES string of the molecule is O=C(NC(c1cccs1)C1CCCC1)c1ncccc1Br. The summed E-state index contributed by atoms with van der Waals surface area (Å²) in [7, 11) is 0. The predicted molar refractivity (Wildman–Crippen MR) is 88.4 cm³/mol. The van der Waals surface area contributed by atoms with Gasteiger partial charge in [0.1, 0.15) is 5.69 Å². The van der Waals surface area contributed by atoms with E-state index in [0.717, 1.165) is 4.47 Å². The Kier molecular flexibility index (Phi) is 4.70. The Morgan fingerprint density at radius 2 is 2.14 bits per heavy atom. The molecule has 2 heterocycles. The number of carbonyl (C=O) groups is 1. The summed E-state index contributed by atoms with van der Waals surface area (Å²) in [6.07, 6.45) is 6.54. The van der Waals surface area contributed by atoms with Crippen LogP contribution >= 0.6 is 27.3 Å². The Morgan fingerprint density at radius 1 is 1.33 bits per heavy atom. The van der Waals surface area contributed by atoms with E-state index in [2.05, 4.69) is 37.7 Å². The van der Waals surface area contributed by atoms with Gasteiger partial charge in [-0.05, 0) is 58.3 Å². The second kappa shape index (κ2) is 6.71. The van der Waals surface area contributed by atoms with Gasteiger partial charge in [0.05, 0.1) is 6.04 Å². The van der Waals surface area contributed by atoms with E-state index in [-0.39, 0.29) is 11.9 Å².